The fourth-order valence-corrected chi connectivity index (χ4v) is 3.91. The van der Waals surface area contributed by atoms with Crippen molar-refractivity contribution in [2.24, 2.45) is 0 Å². The van der Waals surface area contributed by atoms with Crippen molar-refractivity contribution < 1.29 is 14.3 Å². The van der Waals surface area contributed by atoms with Crippen LogP contribution in [0.25, 0.3) is 0 Å². The van der Waals surface area contributed by atoms with E-state index in [1.54, 1.807) is 16.2 Å². The summed E-state index contributed by atoms with van der Waals surface area (Å²) in [5, 5.41) is 0. The van der Waals surface area contributed by atoms with E-state index >= 15 is 0 Å². The first-order valence-corrected chi connectivity index (χ1v) is 8.99. The van der Waals surface area contributed by atoms with E-state index in [2.05, 4.69) is 0 Å². The molecular formula is C19H21NO3S. The Morgan fingerprint density at radius 1 is 1.12 bits per heavy atom. The standard InChI is InChI=1S/C19H21NO3S/c1-13-12-16(14(2)24-13)19(22)23-17(15-8-4-3-5-9-15)18(21)20-10-6-7-11-20/h3-5,8-9,12,17H,6-7,10-11H2,1-2H3/t17-/m0/s1. The van der Waals surface area contributed by atoms with Gasteiger partial charge < -0.3 is 9.64 Å². The zero-order chi connectivity index (χ0) is 17.1. The molecule has 0 unspecified atom stereocenters. The SMILES string of the molecule is Cc1cc(C(=O)O[C@H](C(=O)N2CCCC2)c2ccccc2)c(C)s1. The first-order chi connectivity index (χ1) is 11.6. The number of carbonyl (C=O) groups is 2. The third-order valence-electron chi connectivity index (χ3n) is 4.23. The van der Waals surface area contributed by atoms with Crippen LogP contribution in [0.1, 0.15) is 44.6 Å². The summed E-state index contributed by atoms with van der Waals surface area (Å²) in [6.07, 6.45) is 1.13. The lowest BCUT2D eigenvalue weighted by atomic mass is 10.1. The van der Waals surface area contributed by atoms with Crippen LogP contribution in [0, 0.1) is 13.8 Å². The average molecular weight is 343 g/mol. The van der Waals surface area contributed by atoms with Crippen molar-refractivity contribution in [3.05, 3.63) is 57.3 Å². The van der Waals surface area contributed by atoms with Crippen molar-refractivity contribution in [3.8, 4) is 0 Å². The topological polar surface area (TPSA) is 46.6 Å². The van der Waals surface area contributed by atoms with Crippen LogP contribution in [0.4, 0.5) is 0 Å². The van der Waals surface area contributed by atoms with E-state index in [1.807, 2.05) is 50.2 Å². The van der Waals surface area contributed by atoms with E-state index in [9.17, 15) is 9.59 Å². The highest BCUT2D eigenvalue weighted by molar-refractivity contribution is 7.12. The molecule has 24 heavy (non-hydrogen) atoms. The Labute approximate surface area is 146 Å². The van der Waals surface area contributed by atoms with Crippen molar-refractivity contribution in [3.63, 3.8) is 0 Å². The van der Waals surface area contributed by atoms with E-state index in [1.165, 1.54) is 0 Å². The third kappa shape index (κ3) is 3.51. The molecule has 0 N–H and O–H groups in total. The summed E-state index contributed by atoms with van der Waals surface area (Å²) in [7, 11) is 0. The van der Waals surface area contributed by atoms with Gasteiger partial charge in [-0.2, -0.15) is 0 Å². The minimum atomic E-state index is -0.878. The summed E-state index contributed by atoms with van der Waals surface area (Å²) in [4.78, 5) is 29.2. The van der Waals surface area contributed by atoms with Gasteiger partial charge in [0.15, 0.2) is 0 Å². The largest absolute Gasteiger partial charge is 0.444 e. The fraction of sp³-hybridized carbons (Fsp3) is 0.368. The predicted octanol–water partition coefficient (Wildman–Crippen LogP) is 3.89. The van der Waals surface area contributed by atoms with Crippen LogP contribution < -0.4 is 0 Å². The van der Waals surface area contributed by atoms with Crippen LogP contribution >= 0.6 is 11.3 Å². The Kier molecular flexibility index (Phi) is 5.00. The molecule has 1 aliphatic rings. The second-order valence-corrected chi connectivity index (χ2v) is 7.52. The van der Waals surface area contributed by atoms with E-state index in [4.69, 9.17) is 4.74 Å². The lowest BCUT2D eigenvalue weighted by Gasteiger charge is -2.23. The number of likely N-dealkylation sites (tertiary alicyclic amines) is 1. The summed E-state index contributed by atoms with van der Waals surface area (Å²) in [6, 6.07) is 11.1. The number of thiophene rings is 1. The molecule has 1 aromatic heterocycles. The summed E-state index contributed by atoms with van der Waals surface area (Å²) in [5.41, 5.74) is 1.26. The number of carbonyl (C=O) groups excluding carboxylic acids is 2. The maximum absolute atomic E-state index is 12.9. The first-order valence-electron chi connectivity index (χ1n) is 8.18. The lowest BCUT2D eigenvalue weighted by molar-refractivity contribution is -0.140. The quantitative estimate of drug-likeness (QED) is 0.791. The number of nitrogens with zero attached hydrogens (tertiary/aromatic N) is 1. The molecular weight excluding hydrogens is 322 g/mol. The maximum atomic E-state index is 12.9. The van der Waals surface area contributed by atoms with Gasteiger partial charge in [0.2, 0.25) is 6.10 Å². The van der Waals surface area contributed by atoms with Crippen LogP contribution in [0.15, 0.2) is 36.4 Å². The molecule has 1 fully saturated rings. The number of ether oxygens (including phenoxy) is 1. The molecule has 1 amide bonds. The van der Waals surface area contributed by atoms with Gasteiger partial charge in [-0.3, -0.25) is 4.79 Å². The van der Waals surface area contributed by atoms with Crippen molar-refractivity contribution in [1.29, 1.82) is 0 Å². The smallest absolute Gasteiger partial charge is 0.340 e. The highest BCUT2D eigenvalue weighted by atomic mass is 32.1. The van der Waals surface area contributed by atoms with Gasteiger partial charge in [-0.25, -0.2) is 4.79 Å². The number of amides is 1. The Balaban J connectivity index is 1.86. The number of hydrogen-bond donors (Lipinski definition) is 0. The normalized spacial score (nSPS) is 15.3. The number of aryl methyl sites for hydroxylation is 2. The van der Waals surface area contributed by atoms with Crippen LogP contribution in [0.5, 0.6) is 0 Å². The van der Waals surface area contributed by atoms with Gasteiger partial charge in [0.05, 0.1) is 5.56 Å². The molecule has 0 aliphatic carbocycles. The number of esters is 1. The first kappa shape index (κ1) is 16.7. The van der Waals surface area contributed by atoms with Crippen LogP contribution in [-0.4, -0.2) is 29.9 Å². The Morgan fingerprint density at radius 3 is 2.38 bits per heavy atom. The highest BCUT2D eigenvalue weighted by Gasteiger charge is 2.31. The van der Waals surface area contributed by atoms with Crippen molar-refractivity contribution in [2.45, 2.75) is 32.8 Å². The molecule has 0 bridgehead atoms. The van der Waals surface area contributed by atoms with Crippen molar-refractivity contribution in [2.75, 3.05) is 13.1 Å². The molecule has 1 saturated heterocycles. The zero-order valence-electron chi connectivity index (χ0n) is 14.0. The van der Waals surface area contributed by atoms with E-state index in [0.717, 1.165) is 35.7 Å². The van der Waals surface area contributed by atoms with Crippen molar-refractivity contribution in [1.82, 2.24) is 4.90 Å². The number of benzene rings is 1. The van der Waals surface area contributed by atoms with E-state index in [-0.39, 0.29) is 5.91 Å². The molecule has 1 atom stereocenters. The van der Waals surface area contributed by atoms with Gasteiger partial charge >= 0.3 is 5.97 Å². The molecule has 0 saturated carbocycles. The molecule has 2 heterocycles. The zero-order valence-corrected chi connectivity index (χ0v) is 14.8. The van der Waals surface area contributed by atoms with Crippen LogP contribution in [0.3, 0.4) is 0 Å². The molecule has 5 heteroatoms. The second-order valence-electron chi connectivity index (χ2n) is 6.06. The minimum absolute atomic E-state index is 0.128. The molecule has 2 aromatic rings. The summed E-state index contributed by atoms with van der Waals surface area (Å²) < 4.78 is 5.67. The highest BCUT2D eigenvalue weighted by Crippen LogP contribution is 2.27. The van der Waals surface area contributed by atoms with Gasteiger partial charge in [0, 0.05) is 28.4 Å². The summed E-state index contributed by atoms with van der Waals surface area (Å²) >= 11 is 1.56. The van der Waals surface area contributed by atoms with Gasteiger partial charge in [-0.05, 0) is 32.8 Å². The molecule has 0 radical (unpaired) electrons. The predicted molar refractivity (Wildman–Crippen MR) is 94.2 cm³/mol. The van der Waals surface area contributed by atoms with Gasteiger partial charge in [0.25, 0.3) is 5.91 Å². The Hall–Kier alpha value is -2.14. The molecule has 1 aliphatic heterocycles. The van der Waals surface area contributed by atoms with Gasteiger partial charge in [-0.15, -0.1) is 11.3 Å². The fourth-order valence-electron chi connectivity index (χ4n) is 3.00. The van der Waals surface area contributed by atoms with Gasteiger partial charge in [-0.1, -0.05) is 30.3 Å². The monoisotopic (exact) mass is 343 g/mol. The van der Waals surface area contributed by atoms with Crippen LogP contribution in [-0.2, 0) is 9.53 Å². The minimum Gasteiger partial charge on any atom is -0.444 e. The van der Waals surface area contributed by atoms with Gasteiger partial charge in [0.1, 0.15) is 0 Å². The average Bonchev–Trinajstić information content (AvgIpc) is 3.22. The Morgan fingerprint density at radius 2 is 1.79 bits per heavy atom. The lowest BCUT2D eigenvalue weighted by Crippen LogP contribution is -2.34. The second kappa shape index (κ2) is 7.18. The summed E-state index contributed by atoms with van der Waals surface area (Å²) in [6.45, 7) is 5.32. The number of rotatable bonds is 4. The molecule has 126 valence electrons. The molecule has 1 aromatic carbocycles. The third-order valence-corrected chi connectivity index (χ3v) is 5.20. The molecule has 3 rings (SSSR count). The van der Waals surface area contributed by atoms with E-state index in [0.29, 0.717) is 11.1 Å². The Bertz CT molecular complexity index is 732. The van der Waals surface area contributed by atoms with E-state index < -0.39 is 12.1 Å². The molecule has 0 spiro atoms. The van der Waals surface area contributed by atoms with Crippen molar-refractivity contribution >= 4 is 23.2 Å². The molecule has 4 nitrogen and oxygen atoms in total. The number of hydrogen-bond acceptors (Lipinski definition) is 4. The summed E-state index contributed by atoms with van der Waals surface area (Å²) in [5.74, 6) is -0.560. The van der Waals surface area contributed by atoms with Crippen LogP contribution in [0.2, 0.25) is 0 Å². The maximum Gasteiger partial charge on any atom is 0.340 e.